The van der Waals surface area contributed by atoms with Crippen molar-refractivity contribution in [1.82, 2.24) is 0 Å². The Bertz CT molecular complexity index is 1080. The maximum Gasteiger partial charge on any atom is 0.273 e. The van der Waals surface area contributed by atoms with E-state index in [1.807, 2.05) is 6.92 Å². The van der Waals surface area contributed by atoms with Crippen LogP contribution in [0.2, 0.25) is 0 Å². The van der Waals surface area contributed by atoms with Crippen LogP contribution in [0.3, 0.4) is 0 Å². The molecule has 2 nitrogen and oxygen atoms in total. The fourth-order valence-electron chi connectivity index (χ4n) is 3.89. The van der Waals surface area contributed by atoms with Crippen LogP contribution in [-0.4, -0.2) is 12.2 Å². The second-order valence-corrected chi connectivity index (χ2v) is 8.51. The van der Waals surface area contributed by atoms with Crippen molar-refractivity contribution >= 4 is 0 Å². The molecule has 6 heteroatoms. The molecule has 182 valence electrons. The van der Waals surface area contributed by atoms with Gasteiger partial charge in [0, 0.05) is 24.0 Å². The number of aryl methyl sites for hydroxylation is 2. The average Bonchev–Trinajstić information content (AvgIpc) is 2.86. The summed E-state index contributed by atoms with van der Waals surface area (Å²) >= 11 is 0. The predicted octanol–water partition coefficient (Wildman–Crippen LogP) is 7.59. The van der Waals surface area contributed by atoms with Gasteiger partial charge in [-0.05, 0) is 54.2 Å². The largest absolute Gasteiger partial charge is 0.497 e. The molecular formula is C28H30F4O2. The Balaban J connectivity index is 1.66. The predicted molar refractivity (Wildman–Crippen MR) is 126 cm³/mol. The number of rotatable bonds is 11. The van der Waals surface area contributed by atoms with Gasteiger partial charge in [-0.3, -0.25) is 0 Å². The van der Waals surface area contributed by atoms with Gasteiger partial charge >= 0.3 is 0 Å². The molecule has 0 bridgehead atoms. The zero-order valence-corrected chi connectivity index (χ0v) is 19.4. The lowest BCUT2D eigenvalue weighted by molar-refractivity contribution is -0.0142. The van der Waals surface area contributed by atoms with Crippen molar-refractivity contribution in [3.63, 3.8) is 0 Å². The molecule has 1 N–H and O–H groups in total. The molecule has 0 aliphatic heterocycles. The first-order valence-electron chi connectivity index (χ1n) is 11.4. The summed E-state index contributed by atoms with van der Waals surface area (Å²) < 4.78 is 64.3. The van der Waals surface area contributed by atoms with Crippen molar-refractivity contribution in [2.24, 2.45) is 0 Å². The molecule has 0 radical (unpaired) electrons. The van der Waals surface area contributed by atoms with E-state index < -0.39 is 30.8 Å². The second-order valence-electron chi connectivity index (χ2n) is 8.51. The van der Waals surface area contributed by atoms with E-state index in [1.165, 1.54) is 43.5 Å². The van der Waals surface area contributed by atoms with Crippen molar-refractivity contribution in [1.29, 1.82) is 0 Å². The van der Waals surface area contributed by atoms with Crippen molar-refractivity contribution in [3.8, 4) is 5.75 Å². The summed E-state index contributed by atoms with van der Waals surface area (Å²) in [6, 6.07) is 18.5. The van der Waals surface area contributed by atoms with Gasteiger partial charge in [0.05, 0.1) is 13.2 Å². The smallest absolute Gasteiger partial charge is 0.273 e. The third-order valence-corrected chi connectivity index (χ3v) is 6.02. The molecule has 0 saturated heterocycles. The maximum absolute atomic E-state index is 15.0. The fourth-order valence-corrected chi connectivity index (χ4v) is 3.89. The molecule has 0 saturated carbocycles. The fraction of sp³-hybridized carbons (Fsp3) is 0.357. The zero-order chi connectivity index (χ0) is 24.8. The summed E-state index contributed by atoms with van der Waals surface area (Å²) in [5.41, 5.74) is 1.53. The van der Waals surface area contributed by atoms with Gasteiger partial charge in [0.1, 0.15) is 5.75 Å². The van der Waals surface area contributed by atoms with Crippen LogP contribution in [0.5, 0.6) is 5.75 Å². The van der Waals surface area contributed by atoms with Gasteiger partial charge in [-0.25, -0.2) is 17.6 Å². The Labute approximate surface area is 198 Å². The van der Waals surface area contributed by atoms with Gasteiger partial charge < -0.3 is 9.84 Å². The number of methoxy groups -OCH3 is 1. The highest BCUT2D eigenvalue weighted by Gasteiger charge is 2.33. The van der Waals surface area contributed by atoms with E-state index in [0.29, 0.717) is 23.3 Å². The molecule has 0 aliphatic rings. The highest BCUT2D eigenvalue weighted by atomic mass is 19.3. The summed E-state index contributed by atoms with van der Waals surface area (Å²) in [4.78, 5) is 0. The number of hydrogen-bond donors (Lipinski definition) is 1. The van der Waals surface area contributed by atoms with Gasteiger partial charge in [0.2, 0.25) is 0 Å². The lowest BCUT2D eigenvalue weighted by Gasteiger charge is -2.20. The van der Waals surface area contributed by atoms with E-state index in [-0.39, 0.29) is 24.0 Å². The van der Waals surface area contributed by atoms with E-state index in [2.05, 4.69) is 0 Å². The Hall–Kier alpha value is -2.86. The highest BCUT2D eigenvalue weighted by Crippen LogP contribution is 2.37. The number of hydrogen-bond acceptors (Lipinski definition) is 2. The van der Waals surface area contributed by atoms with E-state index >= 15 is 0 Å². The van der Waals surface area contributed by atoms with Crippen LogP contribution in [0.4, 0.5) is 17.6 Å². The quantitative estimate of drug-likeness (QED) is 0.290. The number of halogens is 4. The van der Waals surface area contributed by atoms with Crippen LogP contribution in [0.15, 0.2) is 72.8 Å². The van der Waals surface area contributed by atoms with Crippen LogP contribution in [-0.2, 0) is 24.7 Å². The molecule has 1 atom stereocenters. The number of alkyl halides is 4. The third-order valence-electron chi connectivity index (χ3n) is 6.02. The van der Waals surface area contributed by atoms with E-state index in [0.717, 1.165) is 5.56 Å². The summed E-state index contributed by atoms with van der Waals surface area (Å²) in [6.45, 7) is 1.85. The molecule has 3 rings (SSSR count). The Morgan fingerprint density at radius 3 is 1.88 bits per heavy atom. The van der Waals surface area contributed by atoms with E-state index in [9.17, 15) is 22.7 Å². The monoisotopic (exact) mass is 474 g/mol. The lowest BCUT2D eigenvalue weighted by Crippen LogP contribution is -2.16. The average molecular weight is 475 g/mol. The zero-order valence-electron chi connectivity index (χ0n) is 19.4. The van der Waals surface area contributed by atoms with Gasteiger partial charge in [-0.1, -0.05) is 61.5 Å². The molecule has 3 aromatic rings. The van der Waals surface area contributed by atoms with E-state index in [4.69, 9.17) is 4.74 Å². The molecule has 0 aromatic heterocycles. The maximum atomic E-state index is 15.0. The Morgan fingerprint density at radius 1 is 0.765 bits per heavy atom. The van der Waals surface area contributed by atoms with Crippen LogP contribution >= 0.6 is 0 Å². The Morgan fingerprint density at radius 2 is 1.29 bits per heavy atom. The molecule has 1 unspecified atom stereocenters. The van der Waals surface area contributed by atoms with Crippen molar-refractivity contribution in [3.05, 3.63) is 101 Å². The summed E-state index contributed by atoms with van der Waals surface area (Å²) in [5, 5.41) is 9.99. The number of aliphatic hydroxyl groups excluding tert-OH is 1. The molecule has 0 amide bonds. The standard InChI is InChI=1S/C28H30F4O2/c1-3-26(33)22-9-4-7-20(17-22)13-15-27(29,30)23-10-5-8-21(18-23)14-16-28(31,32)24-11-6-12-25(19-24)34-2/h4-12,17-19,26,33H,3,13-16H2,1-2H3. The highest BCUT2D eigenvalue weighted by molar-refractivity contribution is 5.32. The van der Waals surface area contributed by atoms with Crippen LogP contribution < -0.4 is 4.74 Å². The molecule has 0 aliphatic carbocycles. The van der Waals surface area contributed by atoms with Gasteiger partial charge in [-0.15, -0.1) is 0 Å². The van der Waals surface area contributed by atoms with Crippen molar-refractivity contribution in [2.45, 2.75) is 57.0 Å². The van der Waals surface area contributed by atoms with Gasteiger partial charge in [0.25, 0.3) is 11.8 Å². The first-order chi connectivity index (χ1) is 16.1. The molecule has 0 spiro atoms. The molecule has 0 heterocycles. The number of benzene rings is 3. The van der Waals surface area contributed by atoms with Crippen LogP contribution in [0, 0.1) is 0 Å². The summed E-state index contributed by atoms with van der Waals surface area (Å²) in [6.07, 6.45) is -0.889. The van der Waals surface area contributed by atoms with Crippen LogP contribution in [0.25, 0.3) is 0 Å². The lowest BCUT2D eigenvalue weighted by atomic mass is 9.95. The molecule has 0 fully saturated rings. The topological polar surface area (TPSA) is 29.5 Å². The minimum atomic E-state index is -3.11. The Kier molecular flexibility index (Phi) is 8.37. The minimum absolute atomic E-state index is 0.0366. The SMILES string of the molecule is CCC(O)c1cccc(CCC(F)(F)c2cccc(CCC(F)(F)c3cccc(OC)c3)c2)c1. The number of aliphatic hydroxyl groups is 1. The van der Waals surface area contributed by atoms with Crippen molar-refractivity contribution < 1.29 is 27.4 Å². The van der Waals surface area contributed by atoms with Gasteiger partial charge in [-0.2, -0.15) is 0 Å². The minimum Gasteiger partial charge on any atom is -0.497 e. The molecule has 3 aromatic carbocycles. The van der Waals surface area contributed by atoms with Crippen molar-refractivity contribution in [2.75, 3.05) is 7.11 Å². The first kappa shape index (κ1) is 25.8. The summed E-state index contributed by atoms with van der Waals surface area (Å²) in [7, 11) is 1.41. The second kappa shape index (κ2) is 11.0. The molecule has 34 heavy (non-hydrogen) atoms. The summed E-state index contributed by atoms with van der Waals surface area (Å²) in [5.74, 6) is -5.88. The number of ether oxygens (including phenoxy) is 1. The first-order valence-corrected chi connectivity index (χ1v) is 11.4. The molecular weight excluding hydrogens is 444 g/mol. The third kappa shape index (κ3) is 6.60. The van der Waals surface area contributed by atoms with Gasteiger partial charge in [0.15, 0.2) is 0 Å². The van der Waals surface area contributed by atoms with Crippen LogP contribution in [0.1, 0.15) is 60.1 Å². The normalized spacial score (nSPS) is 13.0. The van der Waals surface area contributed by atoms with E-state index in [1.54, 1.807) is 36.4 Å².